The minimum Gasteiger partial charge on any atom is -0.327 e. The van der Waals surface area contributed by atoms with E-state index in [4.69, 9.17) is 5.73 Å². The van der Waals surface area contributed by atoms with Crippen molar-refractivity contribution in [2.24, 2.45) is 17.6 Å². The molecule has 0 radical (unpaired) electrons. The largest absolute Gasteiger partial charge is 0.327 e. The molecule has 0 saturated heterocycles. The van der Waals surface area contributed by atoms with Crippen LogP contribution in [0.1, 0.15) is 28.3 Å². The van der Waals surface area contributed by atoms with Crippen molar-refractivity contribution < 1.29 is 0 Å². The van der Waals surface area contributed by atoms with Crippen molar-refractivity contribution in [1.82, 2.24) is 0 Å². The lowest BCUT2D eigenvalue weighted by Gasteiger charge is -2.13. The Bertz CT molecular complexity index is 635. The lowest BCUT2D eigenvalue weighted by atomic mass is 9.92. The predicted molar refractivity (Wildman–Crippen MR) is 88.2 cm³/mol. The van der Waals surface area contributed by atoms with Crippen LogP contribution in [0.3, 0.4) is 0 Å². The summed E-state index contributed by atoms with van der Waals surface area (Å²) in [6.45, 7) is 0. The summed E-state index contributed by atoms with van der Waals surface area (Å²) in [7, 11) is 0. The predicted octanol–water partition coefficient (Wildman–Crippen LogP) is 4.36. The van der Waals surface area contributed by atoms with E-state index in [2.05, 4.69) is 51.6 Å². The zero-order valence-corrected chi connectivity index (χ0v) is 13.7. The van der Waals surface area contributed by atoms with E-state index in [0.29, 0.717) is 12.0 Å². The molecule has 104 valence electrons. The average Bonchev–Trinajstić information content (AvgIpc) is 3.09. The van der Waals surface area contributed by atoms with Crippen molar-refractivity contribution >= 4 is 27.3 Å². The van der Waals surface area contributed by atoms with Gasteiger partial charge in [-0.3, -0.25) is 0 Å². The molecule has 2 N–H and O–H groups in total. The highest BCUT2D eigenvalue weighted by Crippen LogP contribution is 2.61. The van der Waals surface area contributed by atoms with Crippen LogP contribution in [0.25, 0.3) is 0 Å². The second kappa shape index (κ2) is 4.97. The molecule has 0 bridgehead atoms. The number of halogens is 1. The molecule has 1 aromatic heterocycles. The van der Waals surface area contributed by atoms with Gasteiger partial charge in [-0.05, 0) is 75.5 Å². The van der Waals surface area contributed by atoms with E-state index < -0.39 is 0 Å². The topological polar surface area (TPSA) is 26.0 Å². The van der Waals surface area contributed by atoms with Crippen LogP contribution in [0.15, 0.2) is 40.2 Å². The van der Waals surface area contributed by atoms with Crippen molar-refractivity contribution in [3.63, 3.8) is 0 Å². The molecule has 4 rings (SSSR count). The fourth-order valence-corrected chi connectivity index (χ4v) is 5.61. The molecule has 0 aliphatic heterocycles. The highest BCUT2D eigenvalue weighted by Gasteiger charge is 2.55. The molecule has 4 unspecified atom stereocenters. The third-order valence-electron chi connectivity index (χ3n) is 5.00. The standard InChI is InChI=1S/C17H18BrNS/c18-13-7-8-20-15(13)9-14(19)17-12-6-5-10-3-1-2-4-11(10)16(12)17/h1-4,7-8,12,14,16-17H,5-6,9,19H2. The zero-order valence-electron chi connectivity index (χ0n) is 11.3. The van der Waals surface area contributed by atoms with Crippen molar-refractivity contribution in [3.8, 4) is 0 Å². The molecular formula is C17H18BrNS. The van der Waals surface area contributed by atoms with Gasteiger partial charge < -0.3 is 5.73 Å². The summed E-state index contributed by atoms with van der Waals surface area (Å²) in [5, 5.41) is 2.14. The van der Waals surface area contributed by atoms with Crippen LogP contribution in [0, 0.1) is 11.8 Å². The van der Waals surface area contributed by atoms with Crippen LogP contribution in [0.2, 0.25) is 0 Å². The number of benzene rings is 1. The number of fused-ring (bicyclic) bond motifs is 3. The molecule has 1 nitrogen and oxygen atoms in total. The van der Waals surface area contributed by atoms with Crippen molar-refractivity contribution in [1.29, 1.82) is 0 Å². The Morgan fingerprint density at radius 1 is 1.30 bits per heavy atom. The quantitative estimate of drug-likeness (QED) is 0.877. The average molecular weight is 348 g/mol. The molecule has 2 aliphatic carbocycles. The second-order valence-corrected chi connectivity index (χ2v) is 7.92. The first-order chi connectivity index (χ1) is 9.75. The fourth-order valence-electron chi connectivity index (χ4n) is 4.02. The Kier molecular flexibility index (Phi) is 3.24. The minimum absolute atomic E-state index is 0.297. The first kappa shape index (κ1) is 13.1. The first-order valence-electron chi connectivity index (χ1n) is 7.31. The maximum atomic E-state index is 6.54. The molecule has 2 aliphatic rings. The summed E-state index contributed by atoms with van der Waals surface area (Å²) in [5.74, 6) is 2.25. The number of aryl methyl sites for hydroxylation is 1. The molecule has 0 amide bonds. The van der Waals surface area contributed by atoms with Gasteiger partial charge in [-0.2, -0.15) is 0 Å². The van der Waals surface area contributed by atoms with Crippen LogP contribution in [0.4, 0.5) is 0 Å². The highest BCUT2D eigenvalue weighted by atomic mass is 79.9. The van der Waals surface area contributed by atoms with Gasteiger partial charge in [0, 0.05) is 15.4 Å². The SMILES string of the molecule is NC(Cc1sccc1Br)C1C2CCc3ccccc3C21. The number of thiophene rings is 1. The van der Waals surface area contributed by atoms with Gasteiger partial charge >= 0.3 is 0 Å². The monoisotopic (exact) mass is 347 g/mol. The highest BCUT2D eigenvalue weighted by molar-refractivity contribution is 9.10. The van der Waals surface area contributed by atoms with Crippen LogP contribution in [-0.2, 0) is 12.8 Å². The maximum absolute atomic E-state index is 6.54. The van der Waals surface area contributed by atoms with Gasteiger partial charge in [0.05, 0.1) is 0 Å². The Morgan fingerprint density at radius 3 is 2.95 bits per heavy atom. The van der Waals surface area contributed by atoms with E-state index in [-0.39, 0.29) is 0 Å². The fraction of sp³-hybridized carbons (Fsp3) is 0.412. The normalized spacial score (nSPS) is 28.6. The maximum Gasteiger partial charge on any atom is 0.0314 e. The van der Waals surface area contributed by atoms with Crippen LogP contribution in [0.5, 0.6) is 0 Å². The molecule has 20 heavy (non-hydrogen) atoms. The molecule has 1 saturated carbocycles. The molecule has 0 spiro atoms. The third kappa shape index (κ3) is 2.07. The van der Waals surface area contributed by atoms with E-state index in [1.807, 2.05) is 11.3 Å². The van der Waals surface area contributed by atoms with E-state index in [1.54, 1.807) is 11.1 Å². The smallest absolute Gasteiger partial charge is 0.0314 e. The summed E-state index contributed by atoms with van der Waals surface area (Å²) in [6, 6.07) is 11.4. The van der Waals surface area contributed by atoms with Gasteiger partial charge in [0.1, 0.15) is 0 Å². The van der Waals surface area contributed by atoms with Gasteiger partial charge in [0.2, 0.25) is 0 Å². The lowest BCUT2D eigenvalue weighted by Crippen LogP contribution is -2.26. The van der Waals surface area contributed by atoms with Gasteiger partial charge in [0.15, 0.2) is 0 Å². The van der Waals surface area contributed by atoms with Crippen LogP contribution in [-0.4, -0.2) is 6.04 Å². The molecule has 1 fully saturated rings. The summed E-state index contributed by atoms with van der Waals surface area (Å²) < 4.78 is 1.22. The molecule has 3 heteroatoms. The Balaban J connectivity index is 1.53. The lowest BCUT2D eigenvalue weighted by molar-refractivity contribution is 0.534. The zero-order chi connectivity index (χ0) is 13.7. The molecule has 1 heterocycles. The summed E-state index contributed by atoms with van der Waals surface area (Å²) in [5.41, 5.74) is 9.68. The Labute approximate surface area is 132 Å². The van der Waals surface area contributed by atoms with Gasteiger partial charge in [-0.25, -0.2) is 0 Å². The Hall–Kier alpha value is -0.640. The van der Waals surface area contributed by atoms with E-state index in [9.17, 15) is 0 Å². The molecular weight excluding hydrogens is 330 g/mol. The second-order valence-electron chi connectivity index (χ2n) is 6.06. The Morgan fingerprint density at radius 2 is 2.15 bits per heavy atom. The molecule has 1 aromatic carbocycles. The number of hydrogen-bond acceptors (Lipinski definition) is 2. The third-order valence-corrected chi connectivity index (χ3v) is 6.95. The number of hydrogen-bond donors (Lipinski definition) is 1. The van der Waals surface area contributed by atoms with Gasteiger partial charge in [0.25, 0.3) is 0 Å². The minimum atomic E-state index is 0.297. The number of nitrogens with two attached hydrogens (primary N) is 1. The van der Waals surface area contributed by atoms with E-state index >= 15 is 0 Å². The van der Waals surface area contributed by atoms with Crippen LogP contribution >= 0.6 is 27.3 Å². The van der Waals surface area contributed by atoms with Gasteiger partial charge in [-0.1, -0.05) is 24.3 Å². The van der Waals surface area contributed by atoms with Crippen molar-refractivity contribution in [3.05, 3.63) is 56.2 Å². The van der Waals surface area contributed by atoms with Crippen LogP contribution < -0.4 is 5.73 Å². The summed E-state index contributed by atoms with van der Waals surface area (Å²) >= 11 is 5.44. The van der Waals surface area contributed by atoms with E-state index in [1.165, 1.54) is 22.2 Å². The number of rotatable bonds is 3. The van der Waals surface area contributed by atoms with E-state index in [0.717, 1.165) is 18.3 Å². The van der Waals surface area contributed by atoms with Crippen molar-refractivity contribution in [2.45, 2.75) is 31.2 Å². The summed E-state index contributed by atoms with van der Waals surface area (Å²) in [4.78, 5) is 1.40. The van der Waals surface area contributed by atoms with Crippen molar-refractivity contribution in [2.75, 3.05) is 0 Å². The first-order valence-corrected chi connectivity index (χ1v) is 8.98. The van der Waals surface area contributed by atoms with Gasteiger partial charge in [-0.15, -0.1) is 11.3 Å². The summed E-state index contributed by atoms with van der Waals surface area (Å²) in [6.07, 6.45) is 3.58. The molecule has 4 atom stereocenters. The molecule has 2 aromatic rings.